The number of ether oxygens (including phenoxy) is 1. The molecule has 0 saturated heterocycles. The molecule has 1 heterocycles. The molecule has 1 amide bonds. The number of carbonyl (C=O) groups excluding carboxylic acids is 1. The second-order valence-corrected chi connectivity index (χ2v) is 7.16. The van der Waals surface area contributed by atoms with Gasteiger partial charge in [0.2, 0.25) is 5.89 Å². The Bertz CT molecular complexity index is 1140. The SMILES string of the molecule is COc1ccc2oc(-c3ccc(NC(=O)c4ccc(C(C)C)cc4)cc3)nc2c1. The average Bonchev–Trinajstić information content (AvgIpc) is 3.17. The van der Waals surface area contributed by atoms with Crippen LogP contribution in [-0.2, 0) is 0 Å². The van der Waals surface area contributed by atoms with Crippen LogP contribution in [0.1, 0.15) is 35.7 Å². The summed E-state index contributed by atoms with van der Waals surface area (Å²) in [4.78, 5) is 17.0. The molecule has 3 aromatic carbocycles. The van der Waals surface area contributed by atoms with Crippen molar-refractivity contribution in [1.29, 1.82) is 0 Å². The number of nitrogens with zero attached hydrogens (tertiary/aromatic N) is 1. The first kappa shape index (κ1) is 18.7. The highest BCUT2D eigenvalue weighted by Crippen LogP contribution is 2.27. The Labute approximate surface area is 169 Å². The molecule has 0 spiro atoms. The molecule has 4 rings (SSSR count). The number of hydrogen-bond acceptors (Lipinski definition) is 4. The number of hydrogen-bond donors (Lipinski definition) is 1. The Morgan fingerprint density at radius 1 is 1.00 bits per heavy atom. The fraction of sp³-hybridized carbons (Fsp3) is 0.167. The molecule has 0 bridgehead atoms. The van der Waals surface area contributed by atoms with Gasteiger partial charge in [-0.25, -0.2) is 4.98 Å². The highest BCUT2D eigenvalue weighted by molar-refractivity contribution is 6.04. The molecule has 0 aliphatic heterocycles. The monoisotopic (exact) mass is 386 g/mol. The summed E-state index contributed by atoms with van der Waals surface area (Å²) in [5.41, 5.74) is 4.82. The molecule has 0 radical (unpaired) electrons. The number of rotatable bonds is 5. The summed E-state index contributed by atoms with van der Waals surface area (Å²) >= 11 is 0. The van der Waals surface area contributed by atoms with Gasteiger partial charge in [-0.1, -0.05) is 26.0 Å². The molecular formula is C24H22N2O3. The molecule has 0 atom stereocenters. The maximum absolute atomic E-state index is 12.5. The number of benzene rings is 3. The topological polar surface area (TPSA) is 64.4 Å². The van der Waals surface area contributed by atoms with Gasteiger partial charge in [0.1, 0.15) is 11.3 Å². The van der Waals surface area contributed by atoms with Crippen molar-refractivity contribution in [2.75, 3.05) is 12.4 Å². The van der Waals surface area contributed by atoms with Gasteiger partial charge in [0.05, 0.1) is 7.11 Å². The maximum atomic E-state index is 12.5. The van der Waals surface area contributed by atoms with Crippen LogP contribution in [0.5, 0.6) is 5.75 Å². The third-order valence-electron chi connectivity index (χ3n) is 4.82. The van der Waals surface area contributed by atoms with Crippen LogP contribution in [0.3, 0.4) is 0 Å². The summed E-state index contributed by atoms with van der Waals surface area (Å²) in [6.45, 7) is 4.26. The lowest BCUT2D eigenvalue weighted by atomic mass is 10.0. The Balaban J connectivity index is 1.49. The second-order valence-electron chi connectivity index (χ2n) is 7.16. The fourth-order valence-corrected chi connectivity index (χ4v) is 3.08. The van der Waals surface area contributed by atoms with Crippen LogP contribution >= 0.6 is 0 Å². The van der Waals surface area contributed by atoms with Crippen LogP contribution in [0, 0.1) is 0 Å². The molecule has 0 aliphatic carbocycles. The minimum absolute atomic E-state index is 0.137. The smallest absolute Gasteiger partial charge is 0.255 e. The first-order valence-electron chi connectivity index (χ1n) is 9.50. The zero-order chi connectivity index (χ0) is 20.4. The van der Waals surface area contributed by atoms with E-state index in [1.807, 2.05) is 66.7 Å². The Hall–Kier alpha value is -3.60. The van der Waals surface area contributed by atoms with Gasteiger partial charge in [0.25, 0.3) is 5.91 Å². The van der Waals surface area contributed by atoms with E-state index < -0.39 is 0 Å². The van der Waals surface area contributed by atoms with Crippen molar-refractivity contribution in [2.24, 2.45) is 0 Å². The summed E-state index contributed by atoms with van der Waals surface area (Å²) in [5, 5.41) is 2.92. The third kappa shape index (κ3) is 3.99. The van der Waals surface area contributed by atoms with Crippen molar-refractivity contribution >= 4 is 22.7 Å². The van der Waals surface area contributed by atoms with Crippen molar-refractivity contribution in [3.8, 4) is 17.2 Å². The standard InChI is InChI=1S/C24H22N2O3/c1-15(2)16-4-6-17(7-5-16)23(27)25-19-10-8-18(9-11-19)24-26-21-14-20(28-3)12-13-22(21)29-24/h4-15H,1-3H3,(H,25,27). The molecule has 5 heteroatoms. The Morgan fingerprint density at radius 2 is 1.72 bits per heavy atom. The van der Waals surface area contributed by atoms with Crippen molar-refractivity contribution in [3.05, 3.63) is 77.9 Å². The number of methoxy groups -OCH3 is 1. The average molecular weight is 386 g/mol. The van der Waals surface area contributed by atoms with E-state index in [0.29, 0.717) is 28.6 Å². The minimum Gasteiger partial charge on any atom is -0.497 e. The predicted octanol–water partition coefficient (Wildman–Crippen LogP) is 5.88. The maximum Gasteiger partial charge on any atom is 0.255 e. The molecule has 0 aliphatic rings. The van der Waals surface area contributed by atoms with Gasteiger partial charge >= 0.3 is 0 Å². The largest absolute Gasteiger partial charge is 0.497 e. The minimum atomic E-state index is -0.137. The number of nitrogens with one attached hydrogen (secondary N) is 1. The molecule has 4 aromatic rings. The molecule has 29 heavy (non-hydrogen) atoms. The van der Waals surface area contributed by atoms with E-state index in [9.17, 15) is 4.79 Å². The highest BCUT2D eigenvalue weighted by Gasteiger charge is 2.11. The van der Waals surface area contributed by atoms with Crippen molar-refractivity contribution in [2.45, 2.75) is 19.8 Å². The Morgan fingerprint density at radius 3 is 2.38 bits per heavy atom. The summed E-state index contributed by atoms with van der Waals surface area (Å²) in [6.07, 6.45) is 0. The lowest BCUT2D eigenvalue weighted by molar-refractivity contribution is 0.102. The number of fused-ring (bicyclic) bond motifs is 1. The quantitative estimate of drug-likeness (QED) is 0.465. The number of anilines is 1. The summed E-state index contributed by atoms with van der Waals surface area (Å²) in [5.74, 6) is 1.56. The van der Waals surface area contributed by atoms with E-state index in [4.69, 9.17) is 9.15 Å². The van der Waals surface area contributed by atoms with Gasteiger partial charge in [-0.15, -0.1) is 0 Å². The first-order valence-corrected chi connectivity index (χ1v) is 9.50. The normalized spacial score (nSPS) is 11.0. The second kappa shape index (κ2) is 7.80. The summed E-state index contributed by atoms with van der Waals surface area (Å²) in [7, 11) is 1.62. The van der Waals surface area contributed by atoms with Gasteiger partial charge < -0.3 is 14.5 Å². The van der Waals surface area contributed by atoms with Crippen LogP contribution < -0.4 is 10.1 Å². The fourth-order valence-electron chi connectivity index (χ4n) is 3.08. The van der Waals surface area contributed by atoms with Crippen molar-refractivity contribution in [1.82, 2.24) is 4.98 Å². The summed E-state index contributed by atoms with van der Waals surface area (Å²) in [6, 6.07) is 20.6. The number of amides is 1. The van der Waals surface area contributed by atoms with Crippen molar-refractivity contribution < 1.29 is 13.9 Å². The van der Waals surface area contributed by atoms with Crippen LogP contribution in [0.2, 0.25) is 0 Å². The molecule has 1 N–H and O–H groups in total. The third-order valence-corrected chi connectivity index (χ3v) is 4.82. The van der Waals surface area contributed by atoms with Crippen LogP contribution in [0.15, 0.2) is 71.1 Å². The van der Waals surface area contributed by atoms with Gasteiger partial charge in [-0.2, -0.15) is 0 Å². The van der Waals surface area contributed by atoms with Crippen LogP contribution in [-0.4, -0.2) is 18.0 Å². The number of carbonyl (C=O) groups is 1. The molecular weight excluding hydrogens is 364 g/mol. The van der Waals surface area contributed by atoms with E-state index in [2.05, 4.69) is 24.1 Å². The van der Waals surface area contributed by atoms with E-state index in [1.165, 1.54) is 5.56 Å². The van der Waals surface area contributed by atoms with Gasteiger partial charge in [-0.05, 0) is 60.0 Å². The van der Waals surface area contributed by atoms with Gasteiger partial charge in [0, 0.05) is 22.9 Å². The van der Waals surface area contributed by atoms with Crippen molar-refractivity contribution in [3.63, 3.8) is 0 Å². The highest BCUT2D eigenvalue weighted by atomic mass is 16.5. The zero-order valence-electron chi connectivity index (χ0n) is 16.6. The Kier molecular flexibility index (Phi) is 5.04. The van der Waals surface area contributed by atoms with Gasteiger partial charge in [-0.3, -0.25) is 4.79 Å². The molecule has 146 valence electrons. The molecule has 0 fully saturated rings. The lowest BCUT2D eigenvalue weighted by Gasteiger charge is -2.08. The molecule has 0 saturated carbocycles. The molecule has 1 aromatic heterocycles. The number of aromatic nitrogens is 1. The summed E-state index contributed by atoms with van der Waals surface area (Å²) < 4.78 is 11.0. The molecule has 5 nitrogen and oxygen atoms in total. The zero-order valence-corrected chi connectivity index (χ0v) is 16.6. The van der Waals surface area contributed by atoms with E-state index in [1.54, 1.807) is 7.11 Å². The van der Waals surface area contributed by atoms with Crippen LogP contribution in [0.4, 0.5) is 5.69 Å². The van der Waals surface area contributed by atoms with E-state index >= 15 is 0 Å². The lowest BCUT2D eigenvalue weighted by Crippen LogP contribution is -2.11. The number of oxazole rings is 1. The van der Waals surface area contributed by atoms with E-state index in [-0.39, 0.29) is 5.91 Å². The van der Waals surface area contributed by atoms with Gasteiger partial charge in [0.15, 0.2) is 5.58 Å². The first-order chi connectivity index (χ1) is 14.0. The van der Waals surface area contributed by atoms with Crippen LogP contribution in [0.25, 0.3) is 22.6 Å². The predicted molar refractivity (Wildman–Crippen MR) is 114 cm³/mol. The van der Waals surface area contributed by atoms with E-state index in [0.717, 1.165) is 16.8 Å². The molecule has 0 unspecified atom stereocenters.